The van der Waals surface area contributed by atoms with E-state index in [1.807, 2.05) is 12.1 Å². The van der Waals surface area contributed by atoms with Crippen molar-refractivity contribution in [2.45, 2.75) is 12.5 Å². The van der Waals surface area contributed by atoms with Gasteiger partial charge in [-0.05, 0) is 12.5 Å². The average Bonchev–Trinajstić information content (AvgIpc) is 2.05. The molecule has 1 rings (SSSR count). The first-order chi connectivity index (χ1) is 5.75. The highest BCUT2D eigenvalue weighted by Gasteiger charge is 2.07. The van der Waals surface area contributed by atoms with Crippen LogP contribution in [0.5, 0.6) is 0 Å². The molecule has 0 fully saturated rings. The van der Waals surface area contributed by atoms with Crippen molar-refractivity contribution in [2.75, 3.05) is 0 Å². The molecule has 0 unspecified atom stereocenters. The minimum Gasteiger partial charge on any atom is -0.324 e. The first kappa shape index (κ1) is 9.23. The van der Waals surface area contributed by atoms with Crippen LogP contribution >= 0.6 is 11.6 Å². The molecule has 1 aromatic heterocycles. The number of nitrogens with zero attached hydrogens (tertiary/aromatic N) is 1. The number of hydrogen-bond acceptors (Lipinski definition) is 2. The number of hydrogen-bond donors (Lipinski definition) is 1. The van der Waals surface area contributed by atoms with Gasteiger partial charge in [0.1, 0.15) is 5.15 Å². The average molecular weight is 183 g/mol. The summed E-state index contributed by atoms with van der Waals surface area (Å²) in [6.45, 7) is 3.61. The normalized spacial score (nSPS) is 12.5. The van der Waals surface area contributed by atoms with Crippen molar-refractivity contribution in [2.24, 2.45) is 5.73 Å². The second kappa shape index (κ2) is 4.24. The molecule has 0 aromatic carbocycles. The summed E-state index contributed by atoms with van der Waals surface area (Å²) in [5, 5.41) is 0.479. The fourth-order valence-corrected chi connectivity index (χ4v) is 1.24. The van der Waals surface area contributed by atoms with Gasteiger partial charge in [0.25, 0.3) is 0 Å². The highest BCUT2D eigenvalue weighted by atomic mass is 35.5. The summed E-state index contributed by atoms with van der Waals surface area (Å²) < 4.78 is 0. The highest BCUT2D eigenvalue weighted by Crippen LogP contribution is 2.20. The van der Waals surface area contributed by atoms with Crippen molar-refractivity contribution in [1.82, 2.24) is 4.98 Å². The number of aromatic nitrogens is 1. The molecule has 2 N–H and O–H groups in total. The fraction of sp³-hybridized carbons (Fsp3) is 0.222. The van der Waals surface area contributed by atoms with Crippen molar-refractivity contribution in [1.29, 1.82) is 0 Å². The quantitative estimate of drug-likeness (QED) is 0.576. The third-order valence-electron chi connectivity index (χ3n) is 1.61. The zero-order valence-corrected chi connectivity index (χ0v) is 7.46. The van der Waals surface area contributed by atoms with Crippen LogP contribution in [0.25, 0.3) is 0 Å². The summed E-state index contributed by atoms with van der Waals surface area (Å²) in [4.78, 5) is 3.93. The summed E-state index contributed by atoms with van der Waals surface area (Å²) in [5.74, 6) is 0. The molecule has 0 aliphatic carbocycles. The monoisotopic (exact) mass is 182 g/mol. The van der Waals surface area contributed by atoms with E-state index in [-0.39, 0.29) is 6.04 Å². The summed E-state index contributed by atoms with van der Waals surface area (Å²) in [6, 6.07) is 3.61. The largest absolute Gasteiger partial charge is 0.324 e. The topological polar surface area (TPSA) is 38.9 Å². The number of rotatable bonds is 3. The summed E-state index contributed by atoms with van der Waals surface area (Å²) in [6.07, 6.45) is 4.13. The maximum atomic E-state index is 5.83. The molecule has 0 amide bonds. The van der Waals surface area contributed by atoms with Gasteiger partial charge in [-0.15, -0.1) is 6.58 Å². The predicted octanol–water partition coefficient (Wildman–Crippen LogP) is 2.31. The van der Waals surface area contributed by atoms with Crippen LogP contribution in [0.2, 0.25) is 5.15 Å². The van der Waals surface area contributed by atoms with Gasteiger partial charge in [0.2, 0.25) is 0 Å². The van der Waals surface area contributed by atoms with E-state index in [1.54, 1.807) is 12.3 Å². The molecule has 0 saturated carbocycles. The molecule has 0 spiro atoms. The van der Waals surface area contributed by atoms with Crippen LogP contribution in [0.15, 0.2) is 31.0 Å². The molecular formula is C9H11ClN2. The molecule has 0 aliphatic heterocycles. The van der Waals surface area contributed by atoms with Crippen molar-refractivity contribution in [3.05, 3.63) is 41.7 Å². The fourth-order valence-electron chi connectivity index (χ4n) is 0.982. The Bertz CT molecular complexity index is 273. The lowest BCUT2D eigenvalue weighted by molar-refractivity contribution is 0.738. The van der Waals surface area contributed by atoms with E-state index in [1.165, 1.54) is 0 Å². The lowest BCUT2D eigenvalue weighted by Crippen LogP contribution is -2.09. The van der Waals surface area contributed by atoms with E-state index in [0.29, 0.717) is 11.6 Å². The number of pyridine rings is 1. The molecule has 0 aliphatic rings. The van der Waals surface area contributed by atoms with Gasteiger partial charge in [0.15, 0.2) is 0 Å². The Hall–Kier alpha value is -0.860. The lowest BCUT2D eigenvalue weighted by atomic mass is 10.1. The van der Waals surface area contributed by atoms with Crippen molar-refractivity contribution >= 4 is 11.6 Å². The van der Waals surface area contributed by atoms with Gasteiger partial charge in [0, 0.05) is 17.8 Å². The van der Waals surface area contributed by atoms with Gasteiger partial charge in [0.05, 0.1) is 0 Å². The van der Waals surface area contributed by atoms with E-state index < -0.39 is 0 Å². The van der Waals surface area contributed by atoms with E-state index in [2.05, 4.69) is 11.6 Å². The first-order valence-corrected chi connectivity index (χ1v) is 4.10. The van der Waals surface area contributed by atoms with Crippen LogP contribution in [-0.2, 0) is 0 Å². The lowest BCUT2D eigenvalue weighted by Gasteiger charge is -2.09. The molecule has 0 radical (unpaired) electrons. The Kier molecular flexibility index (Phi) is 3.26. The van der Waals surface area contributed by atoms with Gasteiger partial charge in [-0.25, -0.2) is 4.98 Å². The van der Waals surface area contributed by atoms with Crippen LogP contribution in [0.4, 0.5) is 0 Å². The molecule has 64 valence electrons. The van der Waals surface area contributed by atoms with Gasteiger partial charge in [-0.2, -0.15) is 0 Å². The standard InChI is InChI=1S/C9H11ClN2/c1-2-4-8(11)7-5-3-6-12-9(7)10/h2-3,5-6,8H,1,4,11H2/t8-/m0/s1. The van der Waals surface area contributed by atoms with Gasteiger partial charge in [-0.1, -0.05) is 23.7 Å². The molecule has 1 atom stereocenters. The van der Waals surface area contributed by atoms with Crippen LogP contribution in [0.3, 0.4) is 0 Å². The second-order valence-electron chi connectivity index (χ2n) is 2.51. The molecule has 1 aromatic rings. The van der Waals surface area contributed by atoms with Crippen LogP contribution in [0, 0.1) is 0 Å². The van der Waals surface area contributed by atoms with Crippen molar-refractivity contribution < 1.29 is 0 Å². The zero-order valence-electron chi connectivity index (χ0n) is 6.70. The Balaban J connectivity index is 2.86. The number of halogens is 1. The third-order valence-corrected chi connectivity index (χ3v) is 1.92. The molecule has 2 nitrogen and oxygen atoms in total. The second-order valence-corrected chi connectivity index (χ2v) is 2.87. The summed E-state index contributed by atoms with van der Waals surface area (Å²) >= 11 is 5.83. The Labute approximate surface area is 77.1 Å². The van der Waals surface area contributed by atoms with E-state index in [9.17, 15) is 0 Å². The molecule has 0 bridgehead atoms. The van der Waals surface area contributed by atoms with Crippen LogP contribution in [0.1, 0.15) is 18.0 Å². The molecule has 3 heteroatoms. The summed E-state index contributed by atoms with van der Waals surface area (Å²) in [7, 11) is 0. The molecular weight excluding hydrogens is 172 g/mol. The smallest absolute Gasteiger partial charge is 0.133 e. The van der Waals surface area contributed by atoms with Gasteiger partial charge >= 0.3 is 0 Å². The molecule has 12 heavy (non-hydrogen) atoms. The van der Waals surface area contributed by atoms with Gasteiger partial charge in [-0.3, -0.25) is 0 Å². The zero-order chi connectivity index (χ0) is 8.97. The maximum Gasteiger partial charge on any atom is 0.133 e. The Morgan fingerprint density at radius 2 is 2.50 bits per heavy atom. The predicted molar refractivity (Wildman–Crippen MR) is 51.0 cm³/mol. The first-order valence-electron chi connectivity index (χ1n) is 3.72. The van der Waals surface area contributed by atoms with E-state index in [0.717, 1.165) is 5.56 Å². The highest BCUT2D eigenvalue weighted by molar-refractivity contribution is 6.30. The minimum atomic E-state index is -0.0938. The van der Waals surface area contributed by atoms with E-state index in [4.69, 9.17) is 17.3 Å². The Morgan fingerprint density at radius 1 is 1.75 bits per heavy atom. The number of nitrogens with two attached hydrogens (primary N) is 1. The third kappa shape index (κ3) is 2.06. The molecule has 0 saturated heterocycles. The Morgan fingerprint density at radius 3 is 3.08 bits per heavy atom. The maximum absolute atomic E-state index is 5.83. The van der Waals surface area contributed by atoms with Gasteiger partial charge < -0.3 is 5.73 Å². The van der Waals surface area contributed by atoms with Crippen LogP contribution < -0.4 is 5.73 Å². The molecule has 1 heterocycles. The van der Waals surface area contributed by atoms with Crippen molar-refractivity contribution in [3.63, 3.8) is 0 Å². The summed E-state index contributed by atoms with van der Waals surface area (Å²) in [5.41, 5.74) is 6.68. The van der Waals surface area contributed by atoms with Crippen molar-refractivity contribution in [3.8, 4) is 0 Å². The van der Waals surface area contributed by atoms with Crippen LogP contribution in [-0.4, -0.2) is 4.98 Å². The SMILES string of the molecule is C=CC[C@H](N)c1cccnc1Cl. The van der Waals surface area contributed by atoms with E-state index >= 15 is 0 Å². The minimum absolute atomic E-state index is 0.0938.